The Morgan fingerprint density at radius 2 is 2.00 bits per heavy atom. The molecule has 0 amide bonds. The van der Waals surface area contributed by atoms with Crippen LogP contribution in [-0.4, -0.2) is 20.2 Å². The number of nitrogens with two attached hydrogens (primary N) is 1. The first-order valence-corrected chi connectivity index (χ1v) is 4.37. The van der Waals surface area contributed by atoms with Crippen molar-refractivity contribution < 1.29 is 0 Å². The van der Waals surface area contributed by atoms with Crippen LogP contribution in [-0.2, 0) is 0 Å². The Balaban J connectivity index is 2.34. The maximum absolute atomic E-state index is 5.61. The number of nitrogens with zero attached hydrogens (tertiary/aromatic N) is 4. The fraction of sp³-hybridized carbons (Fsp3) is 0.222. The average molecular weight is 189 g/mol. The lowest BCUT2D eigenvalue weighted by molar-refractivity contribution is 0.550. The predicted octanol–water partition coefficient (Wildman–Crippen LogP) is 0.865. The summed E-state index contributed by atoms with van der Waals surface area (Å²) in [7, 11) is 0. The van der Waals surface area contributed by atoms with E-state index in [4.69, 9.17) is 5.73 Å². The summed E-state index contributed by atoms with van der Waals surface area (Å²) >= 11 is 0. The zero-order valence-electron chi connectivity index (χ0n) is 7.83. The zero-order valence-corrected chi connectivity index (χ0v) is 7.83. The van der Waals surface area contributed by atoms with Gasteiger partial charge >= 0.3 is 0 Å². The Morgan fingerprint density at radius 1 is 1.29 bits per heavy atom. The largest absolute Gasteiger partial charge is 0.367 e. The highest BCUT2D eigenvalue weighted by atomic mass is 15.6. The van der Waals surface area contributed by atoms with Crippen molar-refractivity contribution in [3.8, 4) is 0 Å². The third-order valence-corrected chi connectivity index (χ3v) is 2.17. The topological polar surface area (TPSA) is 69.6 Å². The lowest BCUT2D eigenvalue weighted by Crippen LogP contribution is -2.11. The van der Waals surface area contributed by atoms with E-state index < -0.39 is 0 Å². The lowest BCUT2D eigenvalue weighted by atomic mass is 10.1. The summed E-state index contributed by atoms with van der Waals surface area (Å²) in [5, 5.41) is 11.0. The maximum Gasteiger partial charge on any atom is 0.240 e. The normalized spacial score (nSPS) is 12.6. The van der Waals surface area contributed by atoms with Gasteiger partial charge in [-0.2, -0.15) is 0 Å². The van der Waals surface area contributed by atoms with Crippen molar-refractivity contribution in [3.05, 3.63) is 35.9 Å². The Labute approximate surface area is 81.5 Å². The number of aromatic nitrogens is 4. The summed E-state index contributed by atoms with van der Waals surface area (Å²) < 4.78 is 1.59. The van der Waals surface area contributed by atoms with E-state index in [0.717, 1.165) is 5.56 Å². The number of rotatable bonds is 2. The molecule has 0 aliphatic heterocycles. The molecule has 72 valence electrons. The van der Waals surface area contributed by atoms with E-state index in [1.807, 2.05) is 37.3 Å². The average Bonchev–Trinajstić information content (AvgIpc) is 2.65. The van der Waals surface area contributed by atoms with Crippen LogP contribution in [0, 0.1) is 0 Å². The molecule has 14 heavy (non-hydrogen) atoms. The van der Waals surface area contributed by atoms with Gasteiger partial charge in [-0.15, -0.1) is 0 Å². The molecule has 2 N–H and O–H groups in total. The van der Waals surface area contributed by atoms with Crippen molar-refractivity contribution in [2.75, 3.05) is 5.73 Å². The Kier molecular flexibility index (Phi) is 2.14. The molecule has 1 heterocycles. The highest BCUT2D eigenvalue weighted by Crippen LogP contribution is 2.17. The molecule has 0 aliphatic carbocycles. The molecular formula is C9H11N5. The molecule has 0 bridgehead atoms. The second-order valence-electron chi connectivity index (χ2n) is 3.07. The fourth-order valence-corrected chi connectivity index (χ4v) is 1.35. The Bertz CT molecular complexity index is 408. The standard InChI is InChI=1S/C9H11N5/c1-7(8-5-3-2-4-6-8)14-9(10)11-12-13-14/h2-7H,1H3,(H2,10,11,13)/t7-/m0/s1. The van der Waals surface area contributed by atoms with Gasteiger partial charge < -0.3 is 5.73 Å². The molecular weight excluding hydrogens is 178 g/mol. The van der Waals surface area contributed by atoms with Gasteiger partial charge in [-0.1, -0.05) is 35.4 Å². The van der Waals surface area contributed by atoms with Crippen molar-refractivity contribution in [2.45, 2.75) is 13.0 Å². The van der Waals surface area contributed by atoms with Gasteiger partial charge in [0.15, 0.2) is 0 Å². The van der Waals surface area contributed by atoms with Crippen molar-refractivity contribution >= 4 is 5.95 Å². The predicted molar refractivity (Wildman–Crippen MR) is 52.5 cm³/mol. The van der Waals surface area contributed by atoms with E-state index in [2.05, 4.69) is 15.5 Å². The second kappa shape index (κ2) is 3.45. The van der Waals surface area contributed by atoms with Crippen molar-refractivity contribution in [2.24, 2.45) is 0 Å². The summed E-state index contributed by atoms with van der Waals surface area (Å²) in [6.45, 7) is 2.00. The smallest absolute Gasteiger partial charge is 0.240 e. The summed E-state index contributed by atoms with van der Waals surface area (Å²) in [5.74, 6) is 0.335. The van der Waals surface area contributed by atoms with Crippen LogP contribution in [0.5, 0.6) is 0 Å². The molecule has 0 radical (unpaired) electrons. The quantitative estimate of drug-likeness (QED) is 0.760. The van der Waals surface area contributed by atoms with Gasteiger partial charge in [-0.05, 0) is 22.9 Å². The molecule has 5 nitrogen and oxygen atoms in total. The van der Waals surface area contributed by atoms with Crippen LogP contribution in [0.25, 0.3) is 0 Å². The van der Waals surface area contributed by atoms with Crippen LogP contribution in [0.2, 0.25) is 0 Å². The van der Waals surface area contributed by atoms with Gasteiger partial charge in [0, 0.05) is 0 Å². The van der Waals surface area contributed by atoms with E-state index in [-0.39, 0.29) is 6.04 Å². The van der Waals surface area contributed by atoms with Crippen molar-refractivity contribution in [3.63, 3.8) is 0 Å². The molecule has 1 atom stereocenters. The maximum atomic E-state index is 5.61. The van der Waals surface area contributed by atoms with Crippen LogP contribution < -0.4 is 5.73 Å². The minimum absolute atomic E-state index is 0.0613. The van der Waals surface area contributed by atoms with Gasteiger partial charge in [0.2, 0.25) is 5.95 Å². The molecule has 0 fully saturated rings. The molecule has 0 unspecified atom stereocenters. The van der Waals surface area contributed by atoms with E-state index in [1.54, 1.807) is 4.68 Å². The summed E-state index contributed by atoms with van der Waals surface area (Å²) in [4.78, 5) is 0. The third-order valence-electron chi connectivity index (χ3n) is 2.17. The molecule has 2 aromatic rings. The van der Waals surface area contributed by atoms with Crippen LogP contribution in [0.1, 0.15) is 18.5 Å². The number of hydrogen-bond acceptors (Lipinski definition) is 4. The monoisotopic (exact) mass is 189 g/mol. The number of hydrogen-bond donors (Lipinski definition) is 1. The lowest BCUT2D eigenvalue weighted by Gasteiger charge is -2.11. The highest BCUT2D eigenvalue weighted by Gasteiger charge is 2.11. The van der Waals surface area contributed by atoms with Crippen LogP contribution in [0.3, 0.4) is 0 Å². The Morgan fingerprint density at radius 3 is 2.57 bits per heavy atom. The van der Waals surface area contributed by atoms with E-state index in [0.29, 0.717) is 5.95 Å². The van der Waals surface area contributed by atoms with Gasteiger partial charge in [0.05, 0.1) is 6.04 Å². The van der Waals surface area contributed by atoms with E-state index in [9.17, 15) is 0 Å². The molecule has 5 heteroatoms. The Hall–Kier alpha value is -1.91. The van der Waals surface area contributed by atoms with Gasteiger partial charge in [-0.25, -0.2) is 4.68 Å². The van der Waals surface area contributed by atoms with Gasteiger partial charge in [0.25, 0.3) is 0 Å². The molecule has 0 saturated carbocycles. The molecule has 0 aliphatic rings. The number of anilines is 1. The van der Waals surface area contributed by atoms with Crippen LogP contribution in [0.15, 0.2) is 30.3 Å². The summed E-state index contributed by atoms with van der Waals surface area (Å²) in [6, 6.07) is 10.0. The van der Waals surface area contributed by atoms with Gasteiger partial charge in [-0.3, -0.25) is 0 Å². The zero-order chi connectivity index (χ0) is 9.97. The minimum Gasteiger partial charge on any atom is -0.367 e. The number of benzene rings is 1. The van der Waals surface area contributed by atoms with Crippen LogP contribution in [0.4, 0.5) is 5.95 Å². The van der Waals surface area contributed by atoms with Gasteiger partial charge in [0.1, 0.15) is 0 Å². The summed E-state index contributed by atoms with van der Waals surface area (Å²) in [5.41, 5.74) is 6.74. The first-order chi connectivity index (χ1) is 6.79. The first-order valence-electron chi connectivity index (χ1n) is 4.37. The highest BCUT2D eigenvalue weighted by molar-refractivity contribution is 5.22. The molecule has 1 aromatic carbocycles. The van der Waals surface area contributed by atoms with Crippen LogP contribution >= 0.6 is 0 Å². The fourth-order valence-electron chi connectivity index (χ4n) is 1.35. The molecule has 1 aromatic heterocycles. The first kappa shape index (κ1) is 8.68. The van der Waals surface area contributed by atoms with Crippen molar-refractivity contribution in [1.82, 2.24) is 20.2 Å². The van der Waals surface area contributed by atoms with Crippen molar-refractivity contribution in [1.29, 1.82) is 0 Å². The number of nitrogen functional groups attached to an aromatic ring is 1. The third kappa shape index (κ3) is 1.44. The van der Waals surface area contributed by atoms with E-state index in [1.165, 1.54) is 0 Å². The molecule has 0 spiro atoms. The number of tetrazole rings is 1. The van der Waals surface area contributed by atoms with E-state index >= 15 is 0 Å². The summed E-state index contributed by atoms with van der Waals surface area (Å²) in [6.07, 6.45) is 0. The second-order valence-corrected chi connectivity index (χ2v) is 3.07. The molecule has 0 saturated heterocycles. The SMILES string of the molecule is C[C@@H](c1ccccc1)n1nnnc1N. The minimum atomic E-state index is 0.0613. The molecule has 2 rings (SSSR count).